The molecule has 0 bridgehead atoms. The number of allylic oxidation sites excluding steroid dienone is 4. The minimum Gasteiger partial charge on any atom is -0.618 e. The van der Waals surface area contributed by atoms with Crippen LogP contribution in [0.4, 0.5) is 0 Å². The van der Waals surface area contributed by atoms with Crippen LogP contribution in [-0.4, -0.2) is 41.7 Å². The fourth-order valence-corrected chi connectivity index (χ4v) is 4.68. The number of methoxy groups -OCH3 is 2. The van der Waals surface area contributed by atoms with Crippen molar-refractivity contribution in [1.82, 2.24) is 4.57 Å². The monoisotopic (exact) mass is 500 g/mol. The van der Waals surface area contributed by atoms with Gasteiger partial charge >= 0.3 is 0 Å². The summed E-state index contributed by atoms with van der Waals surface area (Å²) in [5.41, 5.74) is 3.87. The third-order valence-electron chi connectivity index (χ3n) is 5.99. The average Bonchev–Trinajstić information content (AvgIpc) is 3.07. The molecule has 0 N–H and O–H groups in total. The highest BCUT2D eigenvalue weighted by Crippen LogP contribution is 2.39. The van der Waals surface area contributed by atoms with Crippen molar-refractivity contribution in [3.63, 3.8) is 0 Å². The second kappa shape index (κ2) is 10.3. The zero-order valence-electron chi connectivity index (χ0n) is 18.6. The predicted molar refractivity (Wildman–Crippen MR) is 130 cm³/mol. The van der Waals surface area contributed by atoms with Crippen LogP contribution < -0.4 is 14.2 Å². The molecule has 6 nitrogen and oxygen atoms in total. The lowest BCUT2D eigenvalue weighted by Crippen LogP contribution is -2.18. The summed E-state index contributed by atoms with van der Waals surface area (Å²) in [5, 5.41) is 14.0. The molecule has 2 aliphatic rings. The number of unbranched alkanes of at least 4 members (excludes halogenated alkanes) is 2. The standard InChI is InChI=1S/C25H29BrN2O4/c1-30-21-9-6-18(7-10-21)19-8-11-22-20(14-19)15-27-17-24(32-13-5-3-4-12-26)25(31-2)23(27)16-28(22)29/h6-11,16-17,20H,3-5,12-15H2,1-2H3/t20-/m0/s1. The Bertz CT molecular complexity index is 1040. The number of aromatic nitrogens is 1. The molecule has 1 aliphatic heterocycles. The Hall–Kier alpha value is -2.67. The summed E-state index contributed by atoms with van der Waals surface area (Å²) in [6.45, 7) is 1.32. The Balaban J connectivity index is 1.56. The molecule has 0 saturated heterocycles. The van der Waals surface area contributed by atoms with E-state index >= 15 is 0 Å². The maximum absolute atomic E-state index is 13.0. The summed E-state index contributed by atoms with van der Waals surface area (Å²) in [7, 11) is 3.29. The first-order valence-electron chi connectivity index (χ1n) is 11.0. The number of fused-ring (bicyclic) bond motifs is 2. The topological polar surface area (TPSA) is 58.7 Å². The molecule has 0 fully saturated rings. The molecule has 0 spiro atoms. The number of benzene rings is 1. The lowest BCUT2D eigenvalue weighted by molar-refractivity contribution is -0.404. The van der Waals surface area contributed by atoms with Gasteiger partial charge in [-0.3, -0.25) is 0 Å². The number of hydroxylamine groups is 1. The molecule has 0 unspecified atom stereocenters. The average molecular weight is 501 g/mol. The molecule has 0 amide bonds. The summed E-state index contributed by atoms with van der Waals surface area (Å²) in [6.07, 6.45) is 11.6. The first kappa shape index (κ1) is 22.5. The van der Waals surface area contributed by atoms with Crippen LogP contribution in [0.5, 0.6) is 17.2 Å². The van der Waals surface area contributed by atoms with Crippen molar-refractivity contribution in [3.8, 4) is 17.2 Å². The highest BCUT2D eigenvalue weighted by molar-refractivity contribution is 9.09. The van der Waals surface area contributed by atoms with E-state index in [4.69, 9.17) is 14.2 Å². The van der Waals surface area contributed by atoms with E-state index in [2.05, 4.69) is 32.6 Å². The van der Waals surface area contributed by atoms with E-state index < -0.39 is 0 Å². The summed E-state index contributed by atoms with van der Waals surface area (Å²) in [6, 6.07) is 8.05. The first-order valence-corrected chi connectivity index (χ1v) is 12.1. The van der Waals surface area contributed by atoms with Gasteiger partial charge in [0.05, 0.1) is 32.9 Å². The summed E-state index contributed by atoms with van der Waals surface area (Å²) >= 11 is 3.46. The van der Waals surface area contributed by atoms with E-state index in [1.54, 1.807) is 20.4 Å². The minimum atomic E-state index is 0.0657. The van der Waals surface area contributed by atoms with Crippen molar-refractivity contribution in [2.75, 3.05) is 26.2 Å². The zero-order valence-corrected chi connectivity index (χ0v) is 20.1. The van der Waals surface area contributed by atoms with Crippen LogP contribution in [0.25, 0.3) is 5.57 Å². The smallest absolute Gasteiger partial charge is 0.208 e. The Morgan fingerprint density at radius 2 is 1.91 bits per heavy atom. The van der Waals surface area contributed by atoms with Crippen molar-refractivity contribution in [2.24, 2.45) is 5.92 Å². The minimum absolute atomic E-state index is 0.0657. The van der Waals surface area contributed by atoms with Gasteiger partial charge in [0, 0.05) is 18.0 Å². The quantitative estimate of drug-likeness (QED) is 0.200. The van der Waals surface area contributed by atoms with Crippen molar-refractivity contribution < 1.29 is 18.9 Å². The van der Waals surface area contributed by atoms with E-state index in [-0.39, 0.29) is 5.92 Å². The molecule has 1 atom stereocenters. The van der Waals surface area contributed by atoms with Gasteiger partial charge in [-0.05, 0) is 49.0 Å². The molecule has 4 rings (SSSR count). The predicted octanol–water partition coefficient (Wildman–Crippen LogP) is 5.38. The van der Waals surface area contributed by atoms with Gasteiger partial charge in [-0.2, -0.15) is 4.74 Å². The van der Waals surface area contributed by atoms with Crippen LogP contribution in [0.15, 0.2) is 48.3 Å². The van der Waals surface area contributed by atoms with E-state index in [1.165, 1.54) is 5.57 Å². The van der Waals surface area contributed by atoms with Crippen molar-refractivity contribution in [3.05, 3.63) is 64.8 Å². The lowest BCUT2D eigenvalue weighted by Gasteiger charge is -2.22. The van der Waals surface area contributed by atoms with Gasteiger partial charge in [0.15, 0.2) is 22.9 Å². The zero-order chi connectivity index (χ0) is 22.5. The molecule has 1 aliphatic carbocycles. The molecular weight excluding hydrogens is 472 g/mol. The van der Waals surface area contributed by atoms with E-state index in [0.717, 1.165) is 58.5 Å². The summed E-state index contributed by atoms with van der Waals surface area (Å²) in [4.78, 5) is 0. The number of hydrogen-bond acceptors (Lipinski definition) is 4. The van der Waals surface area contributed by atoms with Crippen LogP contribution >= 0.6 is 15.9 Å². The third-order valence-corrected chi connectivity index (χ3v) is 6.55. The Morgan fingerprint density at radius 3 is 2.62 bits per heavy atom. The van der Waals surface area contributed by atoms with Crippen molar-refractivity contribution in [2.45, 2.75) is 32.2 Å². The lowest BCUT2D eigenvalue weighted by atomic mass is 9.87. The third kappa shape index (κ3) is 4.72. The Kier molecular flexibility index (Phi) is 7.25. The number of nitrogens with zero attached hydrogens (tertiary/aromatic N) is 2. The van der Waals surface area contributed by atoms with Crippen molar-refractivity contribution in [1.29, 1.82) is 0 Å². The molecule has 1 aromatic heterocycles. The van der Waals surface area contributed by atoms with Gasteiger partial charge in [-0.1, -0.05) is 34.1 Å². The molecule has 170 valence electrons. The summed E-state index contributed by atoms with van der Waals surface area (Å²) < 4.78 is 20.0. The van der Waals surface area contributed by atoms with Crippen LogP contribution in [0, 0.1) is 11.1 Å². The molecule has 2 heterocycles. The largest absolute Gasteiger partial charge is 0.618 e. The van der Waals surface area contributed by atoms with Crippen LogP contribution in [0.3, 0.4) is 0 Å². The molecule has 0 saturated carbocycles. The van der Waals surface area contributed by atoms with Gasteiger partial charge in [0.25, 0.3) is 0 Å². The van der Waals surface area contributed by atoms with Gasteiger partial charge < -0.3 is 24.0 Å². The van der Waals surface area contributed by atoms with Crippen molar-refractivity contribution >= 4 is 27.7 Å². The number of hydrogen-bond donors (Lipinski definition) is 0. The highest BCUT2D eigenvalue weighted by atomic mass is 79.9. The Morgan fingerprint density at radius 1 is 1.09 bits per heavy atom. The van der Waals surface area contributed by atoms with Gasteiger partial charge in [-0.15, -0.1) is 0 Å². The number of halogens is 1. The van der Waals surface area contributed by atoms with E-state index in [9.17, 15) is 5.21 Å². The van der Waals surface area contributed by atoms with Gasteiger partial charge in [-0.25, -0.2) is 0 Å². The number of rotatable bonds is 9. The number of ether oxygens (including phenoxy) is 3. The second-order valence-electron chi connectivity index (χ2n) is 8.03. The molecular formula is C25H29BrN2O4. The molecule has 0 radical (unpaired) electrons. The van der Waals surface area contributed by atoms with Gasteiger partial charge in [0.2, 0.25) is 6.21 Å². The van der Waals surface area contributed by atoms with Gasteiger partial charge in [0.1, 0.15) is 5.75 Å². The summed E-state index contributed by atoms with van der Waals surface area (Å²) in [5.74, 6) is 2.21. The second-order valence-corrected chi connectivity index (χ2v) is 8.82. The SMILES string of the molecule is COc1ccc(C2=CC=C3[C@@H](C2)Cn2cc(OCCCCCBr)c(OC)c2C=[N+]3[O-])cc1. The fraction of sp³-hybridized carbons (Fsp3) is 0.400. The number of alkyl halides is 1. The maximum atomic E-state index is 13.0. The maximum Gasteiger partial charge on any atom is 0.208 e. The molecule has 7 heteroatoms. The molecule has 2 aromatic rings. The van der Waals surface area contributed by atoms with Crippen LogP contribution in [-0.2, 0) is 6.54 Å². The van der Waals surface area contributed by atoms with Crippen LogP contribution in [0.2, 0.25) is 0 Å². The van der Waals surface area contributed by atoms with Crippen LogP contribution in [0.1, 0.15) is 36.9 Å². The van der Waals surface area contributed by atoms with E-state index in [1.807, 2.05) is 30.5 Å². The molecule has 32 heavy (non-hydrogen) atoms. The highest BCUT2D eigenvalue weighted by Gasteiger charge is 2.32. The fourth-order valence-electron chi connectivity index (χ4n) is 4.29. The molecule has 1 aromatic carbocycles. The normalized spacial score (nSPS) is 17.3. The van der Waals surface area contributed by atoms with E-state index in [0.29, 0.717) is 24.7 Å². The first-order chi connectivity index (χ1) is 15.6. The Labute approximate surface area is 197 Å².